The Balaban J connectivity index is 2.41. The summed E-state index contributed by atoms with van der Waals surface area (Å²) in [5.74, 6) is 0.245. The molecule has 1 aromatic carbocycles. The Hall–Kier alpha value is -1.39. The highest BCUT2D eigenvalue weighted by atomic mass is 32.1. The number of rotatable bonds is 2. The first-order valence-corrected chi connectivity index (χ1v) is 5.39. The number of phenols is 1. The fourth-order valence-corrected chi connectivity index (χ4v) is 2.23. The van der Waals surface area contributed by atoms with Crippen LogP contribution < -0.4 is 0 Å². The van der Waals surface area contributed by atoms with Crippen LogP contribution in [0.3, 0.4) is 0 Å². The number of thiazole rings is 1. The maximum Gasteiger partial charge on any atom is 0.123 e. The Morgan fingerprint density at radius 1 is 1.27 bits per heavy atom. The second-order valence-corrected chi connectivity index (χ2v) is 4.43. The van der Waals surface area contributed by atoms with Crippen molar-refractivity contribution in [1.29, 1.82) is 0 Å². The summed E-state index contributed by atoms with van der Waals surface area (Å²) in [4.78, 5) is 5.34. The van der Waals surface area contributed by atoms with E-state index in [-0.39, 0.29) is 12.4 Å². The average molecular weight is 221 g/mol. The molecule has 0 unspecified atom stereocenters. The molecule has 2 N–H and O–H groups in total. The fraction of sp³-hybridized carbons (Fsp3) is 0.182. The number of aromatic hydroxyl groups is 1. The third kappa shape index (κ3) is 2.00. The number of aliphatic hydroxyl groups excluding tert-OH is 1. The van der Waals surface area contributed by atoms with E-state index in [9.17, 15) is 0 Å². The SMILES string of the molecule is Cc1sc(-c2ccc(O)cc2)nc1CO. The van der Waals surface area contributed by atoms with Gasteiger partial charge in [0.05, 0.1) is 12.3 Å². The molecule has 0 bridgehead atoms. The third-order valence-electron chi connectivity index (χ3n) is 2.16. The number of benzene rings is 1. The van der Waals surface area contributed by atoms with Gasteiger partial charge in [-0.3, -0.25) is 0 Å². The number of hydrogen-bond donors (Lipinski definition) is 2. The highest BCUT2D eigenvalue weighted by Gasteiger charge is 2.08. The maximum atomic E-state index is 9.15. The molecule has 0 atom stereocenters. The van der Waals surface area contributed by atoms with Crippen molar-refractivity contribution < 1.29 is 10.2 Å². The quantitative estimate of drug-likeness (QED) is 0.818. The molecular formula is C11H11NO2S. The first kappa shape index (κ1) is 10.1. The van der Waals surface area contributed by atoms with E-state index in [1.165, 1.54) is 0 Å². The Morgan fingerprint density at radius 2 is 1.93 bits per heavy atom. The molecule has 2 aromatic rings. The normalized spacial score (nSPS) is 10.5. The van der Waals surface area contributed by atoms with Gasteiger partial charge in [-0.25, -0.2) is 4.98 Å². The van der Waals surface area contributed by atoms with E-state index < -0.39 is 0 Å². The molecule has 4 heteroatoms. The molecule has 2 rings (SSSR count). The lowest BCUT2D eigenvalue weighted by Crippen LogP contribution is -1.85. The summed E-state index contributed by atoms with van der Waals surface area (Å²) in [7, 11) is 0. The maximum absolute atomic E-state index is 9.15. The van der Waals surface area contributed by atoms with Gasteiger partial charge in [0.1, 0.15) is 10.8 Å². The topological polar surface area (TPSA) is 53.4 Å². The summed E-state index contributed by atoms with van der Waals surface area (Å²) in [6, 6.07) is 6.89. The van der Waals surface area contributed by atoms with Gasteiger partial charge in [0.15, 0.2) is 0 Å². The van der Waals surface area contributed by atoms with E-state index in [1.807, 2.05) is 19.1 Å². The van der Waals surface area contributed by atoms with Crippen LogP contribution >= 0.6 is 11.3 Å². The van der Waals surface area contributed by atoms with Crippen LogP contribution in [0.5, 0.6) is 5.75 Å². The van der Waals surface area contributed by atoms with Crippen LogP contribution in [0.4, 0.5) is 0 Å². The molecule has 0 saturated heterocycles. The van der Waals surface area contributed by atoms with Crippen LogP contribution in [0.25, 0.3) is 10.6 Å². The molecule has 0 saturated carbocycles. The first-order chi connectivity index (χ1) is 7.20. The van der Waals surface area contributed by atoms with Gasteiger partial charge in [-0.1, -0.05) is 0 Å². The van der Waals surface area contributed by atoms with E-state index in [2.05, 4.69) is 4.98 Å². The minimum Gasteiger partial charge on any atom is -0.508 e. The minimum atomic E-state index is -0.0274. The highest BCUT2D eigenvalue weighted by molar-refractivity contribution is 7.15. The molecule has 15 heavy (non-hydrogen) atoms. The van der Waals surface area contributed by atoms with Crippen LogP contribution in [0, 0.1) is 6.92 Å². The lowest BCUT2D eigenvalue weighted by atomic mass is 10.2. The second-order valence-electron chi connectivity index (χ2n) is 3.23. The van der Waals surface area contributed by atoms with Gasteiger partial charge in [-0.2, -0.15) is 0 Å². The van der Waals surface area contributed by atoms with Gasteiger partial charge in [-0.05, 0) is 31.2 Å². The predicted molar refractivity (Wildman–Crippen MR) is 59.9 cm³/mol. The molecule has 78 valence electrons. The van der Waals surface area contributed by atoms with Gasteiger partial charge in [-0.15, -0.1) is 11.3 Å². The molecule has 0 fully saturated rings. The zero-order valence-corrected chi connectivity index (χ0v) is 9.08. The Labute approximate surface area is 91.7 Å². The molecule has 0 amide bonds. The van der Waals surface area contributed by atoms with E-state index >= 15 is 0 Å². The molecule has 0 aliphatic heterocycles. The van der Waals surface area contributed by atoms with E-state index in [0.717, 1.165) is 21.1 Å². The molecule has 0 aliphatic carbocycles. The largest absolute Gasteiger partial charge is 0.508 e. The van der Waals surface area contributed by atoms with Crippen molar-refractivity contribution >= 4 is 11.3 Å². The Kier molecular flexibility index (Phi) is 2.70. The van der Waals surface area contributed by atoms with Gasteiger partial charge in [0.25, 0.3) is 0 Å². The average Bonchev–Trinajstić information content (AvgIpc) is 2.61. The number of aryl methyl sites for hydroxylation is 1. The van der Waals surface area contributed by atoms with Gasteiger partial charge >= 0.3 is 0 Å². The van der Waals surface area contributed by atoms with Crippen LogP contribution in [0.1, 0.15) is 10.6 Å². The Bertz CT molecular complexity index is 462. The smallest absolute Gasteiger partial charge is 0.123 e. The van der Waals surface area contributed by atoms with E-state index in [1.54, 1.807) is 23.5 Å². The molecule has 0 aliphatic rings. The van der Waals surface area contributed by atoms with Gasteiger partial charge in [0, 0.05) is 10.4 Å². The molecule has 0 spiro atoms. The summed E-state index contributed by atoms with van der Waals surface area (Å²) in [5.41, 5.74) is 1.68. The number of aliphatic hydroxyl groups is 1. The first-order valence-electron chi connectivity index (χ1n) is 4.57. The van der Waals surface area contributed by atoms with Crippen molar-refractivity contribution in [3.05, 3.63) is 34.8 Å². The fourth-order valence-electron chi connectivity index (χ4n) is 1.30. The van der Waals surface area contributed by atoms with Crippen molar-refractivity contribution in [3.8, 4) is 16.3 Å². The number of phenolic OH excluding ortho intramolecular Hbond substituents is 1. The molecule has 1 heterocycles. The third-order valence-corrected chi connectivity index (χ3v) is 3.22. The summed E-state index contributed by atoms with van der Waals surface area (Å²) < 4.78 is 0. The van der Waals surface area contributed by atoms with Crippen molar-refractivity contribution in [2.24, 2.45) is 0 Å². The predicted octanol–water partition coefficient (Wildman–Crippen LogP) is 2.32. The van der Waals surface area contributed by atoms with E-state index in [0.29, 0.717) is 0 Å². The second kappa shape index (κ2) is 4.00. The number of aromatic nitrogens is 1. The minimum absolute atomic E-state index is 0.0274. The summed E-state index contributed by atoms with van der Waals surface area (Å²) in [5, 5.41) is 19.1. The molecule has 0 radical (unpaired) electrons. The lowest BCUT2D eigenvalue weighted by Gasteiger charge is -1.95. The van der Waals surface area contributed by atoms with Crippen molar-refractivity contribution in [2.45, 2.75) is 13.5 Å². The number of nitrogens with zero attached hydrogens (tertiary/aromatic N) is 1. The van der Waals surface area contributed by atoms with Gasteiger partial charge in [0.2, 0.25) is 0 Å². The summed E-state index contributed by atoms with van der Waals surface area (Å²) >= 11 is 1.55. The zero-order valence-electron chi connectivity index (χ0n) is 8.27. The van der Waals surface area contributed by atoms with Crippen LogP contribution in [-0.4, -0.2) is 15.2 Å². The van der Waals surface area contributed by atoms with Crippen molar-refractivity contribution in [3.63, 3.8) is 0 Å². The van der Waals surface area contributed by atoms with Crippen LogP contribution in [0.15, 0.2) is 24.3 Å². The monoisotopic (exact) mass is 221 g/mol. The van der Waals surface area contributed by atoms with Crippen molar-refractivity contribution in [1.82, 2.24) is 4.98 Å². The van der Waals surface area contributed by atoms with Gasteiger partial charge < -0.3 is 10.2 Å². The molecule has 1 aromatic heterocycles. The molecular weight excluding hydrogens is 210 g/mol. The highest BCUT2D eigenvalue weighted by Crippen LogP contribution is 2.28. The van der Waals surface area contributed by atoms with Crippen LogP contribution in [0.2, 0.25) is 0 Å². The standard InChI is InChI=1S/C11H11NO2S/c1-7-10(6-13)12-11(15-7)8-2-4-9(14)5-3-8/h2-5,13-14H,6H2,1H3. The number of hydrogen-bond acceptors (Lipinski definition) is 4. The zero-order chi connectivity index (χ0) is 10.8. The van der Waals surface area contributed by atoms with Crippen molar-refractivity contribution in [2.75, 3.05) is 0 Å². The van der Waals surface area contributed by atoms with E-state index in [4.69, 9.17) is 10.2 Å². The summed E-state index contributed by atoms with van der Waals surface area (Å²) in [6.45, 7) is 1.91. The van der Waals surface area contributed by atoms with Crippen LogP contribution in [-0.2, 0) is 6.61 Å². The Morgan fingerprint density at radius 3 is 2.47 bits per heavy atom. The molecule has 3 nitrogen and oxygen atoms in total. The summed E-state index contributed by atoms with van der Waals surface area (Å²) in [6.07, 6.45) is 0. The lowest BCUT2D eigenvalue weighted by molar-refractivity contribution is 0.277.